The molecule has 1 aromatic rings. The Labute approximate surface area is 130 Å². The molecule has 2 atom stereocenters. The second-order valence-electron chi connectivity index (χ2n) is 6.94. The summed E-state index contributed by atoms with van der Waals surface area (Å²) in [6.45, 7) is 1.11. The lowest BCUT2D eigenvalue weighted by Crippen LogP contribution is -2.56. The van der Waals surface area contributed by atoms with Gasteiger partial charge in [0.2, 0.25) is 5.91 Å². The molecule has 3 aliphatic rings. The van der Waals surface area contributed by atoms with Crippen LogP contribution < -0.4 is 5.32 Å². The maximum absolute atomic E-state index is 12.0. The van der Waals surface area contributed by atoms with Crippen molar-refractivity contribution < 1.29 is 4.79 Å². The molecule has 4 rings (SSSR count). The van der Waals surface area contributed by atoms with Crippen molar-refractivity contribution in [1.29, 1.82) is 0 Å². The average Bonchev–Trinajstić information content (AvgIpc) is 3.18. The first-order valence-electron chi connectivity index (χ1n) is 8.38. The molecule has 2 bridgehead atoms. The molecule has 3 nitrogen and oxygen atoms in total. The maximum atomic E-state index is 12.0. The van der Waals surface area contributed by atoms with Crippen molar-refractivity contribution in [3.05, 3.63) is 22.4 Å². The van der Waals surface area contributed by atoms with Crippen LogP contribution in [0.4, 0.5) is 0 Å². The fourth-order valence-corrected chi connectivity index (χ4v) is 4.81. The molecule has 2 aliphatic heterocycles. The smallest absolute Gasteiger partial charge is 0.223 e. The predicted octanol–water partition coefficient (Wildman–Crippen LogP) is 3.16. The molecule has 0 unspecified atom stereocenters. The molecule has 1 N–H and O–H groups in total. The molecule has 0 aromatic carbocycles. The number of carbonyl (C=O) groups is 1. The molecule has 1 amide bonds. The lowest BCUT2D eigenvalue weighted by atomic mass is 9.81. The van der Waals surface area contributed by atoms with Crippen LogP contribution in [0.3, 0.4) is 0 Å². The number of nitrogens with one attached hydrogen (secondary N) is 1. The number of carbonyl (C=O) groups excluding carboxylic acids is 1. The lowest BCUT2D eigenvalue weighted by Gasteiger charge is -2.49. The molecule has 1 aliphatic carbocycles. The molecule has 1 saturated carbocycles. The van der Waals surface area contributed by atoms with Gasteiger partial charge >= 0.3 is 0 Å². The van der Waals surface area contributed by atoms with E-state index in [0.29, 0.717) is 30.0 Å². The van der Waals surface area contributed by atoms with Gasteiger partial charge in [-0.3, -0.25) is 9.69 Å². The summed E-state index contributed by atoms with van der Waals surface area (Å²) < 4.78 is 0. The molecule has 1 aromatic heterocycles. The molecule has 3 heterocycles. The summed E-state index contributed by atoms with van der Waals surface area (Å²) in [7, 11) is 0. The van der Waals surface area contributed by atoms with E-state index < -0.39 is 0 Å². The number of amides is 1. The van der Waals surface area contributed by atoms with Gasteiger partial charge in [-0.1, -0.05) is 12.5 Å². The topological polar surface area (TPSA) is 32.3 Å². The summed E-state index contributed by atoms with van der Waals surface area (Å²) in [6.07, 6.45) is 8.49. The van der Waals surface area contributed by atoms with E-state index in [2.05, 4.69) is 27.7 Å². The Bertz CT molecular complexity index is 483. The minimum absolute atomic E-state index is 0.324. The third kappa shape index (κ3) is 3.02. The van der Waals surface area contributed by atoms with Gasteiger partial charge in [0.05, 0.1) is 0 Å². The van der Waals surface area contributed by atoms with Gasteiger partial charge < -0.3 is 5.32 Å². The first-order chi connectivity index (χ1) is 10.3. The van der Waals surface area contributed by atoms with Crippen LogP contribution in [0.1, 0.15) is 49.8 Å². The number of hydrogen-bond donors (Lipinski definition) is 1. The standard InChI is InChI=1S/C17H24N2OS/c20-17(12-6-7-12)18-13-9-14-3-1-4-15(10-13)19(14)11-16-5-2-8-21-16/h2,5,8,12-15H,1,3-4,6-7,9-11H2,(H,18,20)/t14-,15-/m0/s1. The Hall–Kier alpha value is -0.870. The van der Waals surface area contributed by atoms with E-state index in [-0.39, 0.29) is 0 Å². The fourth-order valence-electron chi connectivity index (χ4n) is 4.10. The van der Waals surface area contributed by atoms with Crippen molar-refractivity contribution in [2.24, 2.45) is 5.92 Å². The highest BCUT2D eigenvalue weighted by Gasteiger charge is 2.40. The van der Waals surface area contributed by atoms with E-state index in [1.54, 1.807) is 0 Å². The Morgan fingerprint density at radius 3 is 2.62 bits per heavy atom. The number of fused-ring (bicyclic) bond motifs is 2. The molecule has 0 radical (unpaired) electrons. The van der Waals surface area contributed by atoms with Crippen molar-refractivity contribution in [2.45, 2.75) is 69.6 Å². The van der Waals surface area contributed by atoms with E-state index in [9.17, 15) is 4.79 Å². The van der Waals surface area contributed by atoms with Gasteiger partial charge in [-0.05, 0) is 50.0 Å². The lowest BCUT2D eigenvalue weighted by molar-refractivity contribution is -0.123. The first-order valence-corrected chi connectivity index (χ1v) is 9.26. The van der Waals surface area contributed by atoms with Crippen molar-refractivity contribution in [2.75, 3.05) is 0 Å². The molecule has 114 valence electrons. The molecule has 0 spiro atoms. The molecule has 21 heavy (non-hydrogen) atoms. The monoisotopic (exact) mass is 304 g/mol. The molecule has 2 saturated heterocycles. The average molecular weight is 304 g/mol. The Morgan fingerprint density at radius 2 is 2.00 bits per heavy atom. The van der Waals surface area contributed by atoms with Crippen molar-refractivity contribution in [3.8, 4) is 0 Å². The Morgan fingerprint density at radius 1 is 1.24 bits per heavy atom. The highest BCUT2D eigenvalue weighted by molar-refractivity contribution is 7.09. The van der Waals surface area contributed by atoms with Crippen LogP contribution in [0, 0.1) is 5.92 Å². The fraction of sp³-hybridized carbons (Fsp3) is 0.706. The second kappa shape index (κ2) is 5.73. The summed E-state index contributed by atoms with van der Waals surface area (Å²) >= 11 is 1.87. The minimum Gasteiger partial charge on any atom is -0.353 e. The predicted molar refractivity (Wildman–Crippen MR) is 85.2 cm³/mol. The highest BCUT2D eigenvalue weighted by Crippen LogP contribution is 2.36. The Kier molecular flexibility index (Phi) is 3.76. The van der Waals surface area contributed by atoms with Crippen LogP contribution in [0.5, 0.6) is 0 Å². The molecule has 4 heteroatoms. The molecular formula is C17H24N2OS. The van der Waals surface area contributed by atoms with E-state index in [4.69, 9.17) is 0 Å². The number of hydrogen-bond acceptors (Lipinski definition) is 3. The van der Waals surface area contributed by atoms with Gasteiger partial charge in [-0.15, -0.1) is 11.3 Å². The summed E-state index contributed by atoms with van der Waals surface area (Å²) in [4.78, 5) is 16.2. The van der Waals surface area contributed by atoms with Crippen LogP contribution in [0.25, 0.3) is 0 Å². The SMILES string of the molecule is O=C(NC1C[C@@H]2CCC[C@@H](C1)N2Cc1cccs1)C1CC1. The van der Waals surface area contributed by atoms with Crippen LogP contribution in [0.2, 0.25) is 0 Å². The number of nitrogens with zero attached hydrogens (tertiary/aromatic N) is 1. The molecule has 3 fully saturated rings. The zero-order valence-electron chi connectivity index (χ0n) is 12.5. The maximum Gasteiger partial charge on any atom is 0.223 e. The van der Waals surface area contributed by atoms with Crippen LogP contribution >= 0.6 is 11.3 Å². The van der Waals surface area contributed by atoms with Crippen LogP contribution in [0.15, 0.2) is 17.5 Å². The van der Waals surface area contributed by atoms with Gasteiger partial charge in [-0.2, -0.15) is 0 Å². The van der Waals surface area contributed by atoms with Crippen LogP contribution in [-0.2, 0) is 11.3 Å². The zero-order chi connectivity index (χ0) is 14.2. The summed E-state index contributed by atoms with van der Waals surface area (Å²) in [5.74, 6) is 0.666. The second-order valence-corrected chi connectivity index (χ2v) is 7.97. The summed E-state index contributed by atoms with van der Waals surface area (Å²) in [5, 5.41) is 5.50. The van der Waals surface area contributed by atoms with E-state index >= 15 is 0 Å². The largest absolute Gasteiger partial charge is 0.353 e. The van der Waals surface area contributed by atoms with E-state index in [1.165, 1.54) is 24.1 Å². The minimum atomic E-state index is 0.324. The third-order valence-electron chi connectivity index (χ3n) is 5.34. The Balaban J connectivity index is 1.41. The van der Waals surface area contributed by atoms with Gasteiger partial charge in [0.1, 0.15) is 0 Å². The van der Waals surface area contributed by atoms with Crippen molar-refractivity contribution in [1.82, 2.24) is 10.2 Å². The van der Waals surface area contributed by atoms with Crippen LogP contribution in [-0.4, -0.2) is 28.9 Å². The number of rotatable bonds is 4. The van der Waals surface area contributed by atoms with Gasteiger partial charge in [-0.25, -0.2) is 0 Å². The number of thiophene rings is 1. The highest BCUT2D eigenvalue weighted by atomic mass is 32.1. The van der Waals surface area contributed by atoms with Gasteiger partial charge in [0, 0.05) is 35.5 Å². The van der Waals surface area contributed by atoms with Crippen molar-refractivity contribution in [3.63, 3.8) is 0 Å². The normalized spacial score (nSPS) is 32.9. The van der Waals surface area contributed by atoms with Gasteiger partial charge in [0.25, 0.3) is 0 Å². The van der Waals surface area contributed by atoms with E-state index in [0.717, 1.165) is 32.2 Å². The number of piperidine rings is 2. The summed E-state index contributed by atoms with van der Waals surface area (Å²) in [6, 6.07) is 6.17. The van der Waals surface area contributed by atoms with Gasteiger partial charge in [0.15, 0.2) is 0 Å². The first kappa shape index (κ1) is 13.8. The molecular weight excluding hydrogens is 280 g/mol. The third-order valence-corrected chi connectivity index (χ3v) is 6.20. The summed E-state index contributed by atoms with van der Waals surface area (Å²) in [5.41, 5.74) is 0. The van der Waals surface area contributed by atoms with E-state index in [1.807, 2.05) is 11.3 Å². The zero-order valence-corrected chi connectivity index (χ0v) is 13.3. The quantitative estimate of drug-likeness (QED) is 0.926. The van der Waals surface area contributed by atoms with Crippen molar-refractivity contribution >= 4 is 17.2 Å².